The molecule has 32 heavy (non-hydrogen) atoms. The van der Waals surface area contributed by atoms with Crippen LogP contribution in [0.25, 0.3) is 5.69 Å². The molecule has 0 spiro atoms. The molecule has 9 heteroatoms. The van der Waals surface area contributed by atoms with Crippen molar-refractivity contribution in [3.63, 3.8) is 0 Å². The summed E-state index contributed by atoms with van der Waals surface area (Å²) >= 11 is 0. The van der Waals surface area contributed by atoms with Crippen molar-refractivity contribution in [2.24, 2.45) is 4.99 Å². The summed E-state index contributed by atoms with van der Waals surface area (Å²) in [6, 6.07) is 15.8. The molecule has 0 atom stereocenters. The van der Waals surface area contributed by atoms with E-state index in [4.69, 9.17) is 0 Å². The molecule has 0 fully saturated rings. The molecule has 8 nitrogen and oxygen atoms in total. The van der Waals surface area contributed by atoms with Crippen molar-refractivity contribution in [1.29, 1.82) is 0 Å². The molecule has 0 bridgehead atoms. The third-order valence-electron chi connectivity index (χ3n) is 4.52. The number of carbonyl (C=O) groups is 1. The van der Waals surface area contributed by atoms with Crippen molar-refractivity contribution in [1.82, 2.24) is 25.4 Å². The number of carbonyl (C=O) groups excluding carboxylic acids is 1. The predicted octanol–water partition coefficient (Wildman–Crippen LogP) is 3.32. The van der Waals surface area contributed by atoms with Crippen molar-refractivity contribution in [3.05, 3.63) is 72.2 Å². The van der Waals surface area contributed by atoms with Crippen LogP contribution >= 0.6 is 24.0 Å². The molecule has 0 radical (unpaired) electrons. The Bertz CT molecular complexity index is 988. The third-order valence-corrected chi connectivity index (χ3v) is 4.52. The lowest BCUT2D eigenvalue weighted by molar-refractivity contribution is -0.116. The van der Waals surface area contributed by atoms with Crippen molar-refractivity contribution in [2.75, 3.05) is 25.0 Å². The number of amides is 1. The Morgan fingerprint density at radius 3 is 2.59 bits per heavy atom. The molecule has 170 valence electrons. The number of aryl methyl sites for hydroxylation is 1. The number of nitrogens with zero attached hydrogens (tertiary/aromatic N) is 4. The Hall–Kier alpha value is -2.95. The van der Waals surface area contributed by atoms with Gasteiger partial charge in [-0.2, -0.15) is 5.10 Å². The van der Waals surface area contributed by atoms with Crippen LogP contribution in [0.3, 0.4) is 0 Å². The molecular formula is C23H30IN7O. The van der Waals surface area contributed by atoms with Crippen LogP contribution in [-0.4, -0.2) is 46.3 Å². The van der Waals surface area contributed by atoms with Crippen LogP contribution in [0.5, 0.6) is 0 Å². The highest BCUT2D eigenvalue weighted by Gasteiger charge is 2.04. The lowest BCUT2D eigenvalue weighted by Crippen LogP contribution is -2.38. The number of aliphatic imine (C=N–C) groups is 1. The Balaban J connectivity index is 0.00000363. The highest BCUT2D eigenvalue weighted by molar-refractivity contribution is 14.0. The second-order valence-electron chi connectivity index (χ2n) is 7.02. The van der Waals surface area contributed by atoms with Gasteiger partial charge in [-0.15, -0.1) is 24.0 Å². The maximum absolute atomic E-state index is 12.1. The highest BCUT2D eigenvalue weighted by atomic mass is 127. The predicted molar refractivity (Wildman–Crippen MR) is 139 cm³/mol. The quantitative estimate of drug-likeness (QED) is 0.217. The van der Waals surface area contributed by atoms with Crippen LogP contribution < -0.4 is 16.0 Å². The van der Waals surface area contributed by atoms with Gasteiger partial charge in [0, 0.05) is 37.6 Å². The topological polar surface area (TPSA) is 96.2 Å². The normalized spacial score (nSPS) is 10.9. The van der Waals surface area contributed by atoms with E-state index in [1.54, 1.807) is 12.3 Å². The van der Waals surface area contributed by atoms with Gasteiger partial charge in [-0.3, -0.25) is 9.79 Å². The minimum absolute atomic E-state index is 0. The standard InChI is InChI=1S/C23H29N7O.HI/c1-3-24-23(26-16-13-22(31)29-21-7-4-6-18(2)28-21)25-15-12-19-8-10-20(11-9-19)30-17-5-14-27-30;/h4-11,14,17H,3,12-13,15-16H2,1-2H3,(H2,24,25,26)(H,28,29,31);1H. The molecular weight excluding hydrogens is 517 g/mol. The Morgan fingerprint density at radius 2 is 1.91 bits per heavy atom. The van der Waals surface area contributed by atoms with Gasteiger partial charge in [-0.05, 0) is 56.2 Å². The lowest BCUT2D eigenvalue weighted by Gasteiger charge is -2.11. The number of hydrogen-bond donors (Lipinski definition) is 3. The summed E-state index contributed by atoms with van der Waals surface area (Å²) in [7, 11) is 0. The van der Waals surface area contributed by atoms with E-state index in [0.29, 0.717) is 24.7 Å². The second-order valence-corrected chi connectivity index (χ2v) is 7.02. The van der Waals surface area contributed by atoms with Gasteiger partial charge in [-0.25, -0.2) is 9.67 Å². The zero-order valence-corrected chi connectivity index (χ0v) is 20.7. The molecule has 2 heterocycles. The van der Waals surface area contributed by atoms with Crippen LogP contribution in [0.15, 0.2) is 65.9 Å². The summed E-state index contributed by atoms with van der Waals surface area (Å²) in [4.78, 5) is 20.9. The largest absolute Gasteiger partial charge is 0.357 e. The van der Waals surface area contributed by atoms with Crippen LogP contribution in [0.2, 0.25) is 0 Å². The van der Waals surface area contributed by atoms with Crippen molar-refractivity contribution < 1.29 is 4.79 Å². The maximum atomic E-state index is 12.1. The molecule has 3 rings (SSSR count). The van der Waals surface area contributed by atoms with E-state index < -0.39 is 0 Å². The van der Waals surface area contributed by atoms with Gasteiger partial charge < -0.3 is 16.0 Å². The number of nitrogens with one attached hydrogen (secondary N) is 3. The molecule has 0 aliphatic rings. The number of guanidine groups is 1. The number of benzene rings is 1. The Labute approximate surface area is 206 Å². The average Bonchev–Trinajstić information content (AvgIpc) is 3.29. The Kier molecular flexibility index (Phi) is 10.6. The first kappa shape index (κ1) is 25.3. The third kappa shape index (κ3) is 8.29. The van der Waals surface area contributed by atoms with Crippen LogP contribution in [-0.2, 0) is 11.2 Å². The first-order chi connectivity index (χ1) is 15.1. The van der Waals surface area contributed by atoms with Gasteiger partial charge >= 0.3 is 0 Å². The summed E-state index contributed by atoms with van der Waals surface area (Å²) in [6.45, 7) is 5.80. The number of pyridine rings is 1. The summed E-state index contributed by atoms with van der Waals surface area (Å²) in [6.07, 6.45) is 4.85. The molecule has 3 N–H and O–H groups in total. The van der Waals surface area contributed by atoms with E-state index in [2.05, 4.69) is 55.3 Å². The van der Waals surface area contributed by atoms with E-state index in [-0.39, 0.29) is 29.9 Å². The lowest BCUT2D eigenvalue weighted by atomic mass is 10.1. The molecule has 2 aromatic heterocycles. The summed E-state index contributed by atoms with van der Waals surface area (Å²) in [5.74, 6) is 1.17. The fourth-order valence-electron chi connectivity index (χ4n) is 2.99. The fourth-order valence-corrected chi connectivity index (χ4v) is 2.99. The van der Waals surface area contributed by atoms with Crippen LogP contribution in [0, 0.1) is 6.92 Å². The van der Waals surface area contributed by atoms with Gasteiger partial charge in [0.25, 0.3) is 0 Å². The van der Waals surface area contributed by atoms with Gasteiger partial charge in [0.2, 0.25) is 5.91 Å². The van der Waals surface area contributed by atoms with Gasteiger partial charge in [0.15, 0.2) is 5.96 Å². The average molecular weight is 547 g/mol. The summed E-state index contributed by atoms with van der Waals surface area (Å²) < 4.78 is 1.84. The molecule has 1 amide bonds. The number of aromatic nitrogens is 3. The zero-order chi connectivity index (χ0) is 21.9. The SMILES string of the molecule is CCNC(=NCCC(=O)Nc1cccc(C)n1)NCCc1ccc(-n2cccn2)cc1.I. The molecule has 0 aliphatic heterocycles. The van der Waals surface area contributed by atoms with E-state index in [0.717, 1.165) is 30.9 Å². The monoisotopic (exact) mass is 547 g/mol. The molecule has 3 aromatic rings. The molecule has 0 aliphatic carbocycles. The Morgan fingerprint density at radius 1 is 1.09 bits per heavy atom. The van der Waals surface area contributed by atoms with Crippen molar-refractivity contribution in [3.8, 4) is 5.69 Å². The van der Waals surface area contributed by atoms with E-state index in [1.165, 1.54) is 5.56 Å². The molecule has 1 aromatic carbocycles. The highest BCUT2D eigenvalue weighted by Crippen LogP contribution is 2.09. The van der Waals surface area contributed by atoms with Crippen LogP contribution in [0.4, 0.5) is 5.82 Å². The second kappa shape index (κ2) is 13.5. The van der Waals surface area contributed by atoms with Crippen molar-refractivity contribution in [2.45, 2.75) is 26.7 Å². The zero-order valence-electron chi connectivity index (χ0n) is 18.4. The first-order valence-electron chi connectivity index (χ1n) is 10.5. The summed E-state index contributed by atoms with van der Waals surface area (Å²) in [5.41, 5.74) is 3.13. The summed E-state index contributed by atoms with van der Waals surface area (Å²) in [5, 5.41) is 13.6. The first-order valence-corrected chi connectivity index (χ1v) is 10.5. The van der Waals surface area contributed by atoms with Gasteiger partial charge in [0.05, 0.1) is 12.2 Å². The fraction of sp³-hybridized carbons (Fsp3) is 0.304. The van der Waals surface area contributed by atoms with E-state index in [9.17, 15) is 4.79 Å². The minimum Gasteiger partial charge on any atom is -0.357 e. The van der Waals surface area contributed by atoms with E-state index in [1.807, 2.05) is 42.9 Å². The van der Waals surface area contributed by atoms with Gasteiger partial charge in [0.1, 0.15) is 5.82 Å². The van der Waals surface area contributed by atoms with Gasteiger partial charge in [-0.1, -0.05) is 18.2 Å². The number of anilines is 1. The minimum atomic E-state index is -0.102. The maximum Gasteiger partial charge on any atom is 0.227 e. The number of hydrogen-bond acceptors (Lipinski definition) is 4. The molecule has 0 saturated carbocycles. The molecule has 0 saturated heterocycles. The number of rotatable bonds is 9. The van der Waals surface area contributed by atoms with Crippen molar-refractivity contribution >= 4 is 41.7 Å². The smallest absolute Gasteiger partial charge is 0.227 e. The molecule has 0 unspecified atom stereocenters. The van der Waals surface area contributed by atoms with Crippen LogP contribution in [0.1, 0.15) is 24.6 Å². The van der Waals surface area contributed by atoms with E-state index >= 15 is 0 Å². The number of halogens is 1.